The maximum atomic E-state index is 13.4. The van der Waals surface area contributed by atoms with E-state index >= 15 is 0 Å². The topological polar surface area (TPSA) is 87.7 Å². The van der Waals surface area contributed by atoms with Crippen LogP contribution in [0.1, 0.15) is 65.2 Å². The summed E-state index contributed by atoms with van der Waals surface area (Å²) in [7, 11) is 3.50. The average Bonchev–Trinajstić information content (AvgIpc) is 2.83. The first-order valence-electron chi connectivity index (χ1n) is 11.2. The van der Waals surface area contributed by atoms with Crippen molar-refractivity contribution in [2.24, 2.45) is 0 Å². The zero-order valence-corrected chi connectivity index (χ0v) is 19.1. The molecule has 1 N–H and O–H groups in total. The van der Waals surface area contributed by atoms with Crippen LogP contribution in [-0.2, 0) is 29.1 Å². The van der Waals surface area contributed by atoms with Crippen LogP contribution in [0.15, 0.2) is 24.3 Å². The van der Waals surface area contributed by atoms with Crippen LogP contribution in [0.3, 0.4) is 0 Å². The molecule has 8 heteroatoms. The van der Waals surface area contributed by atoms with Crippen LogP contribution >= 0.6 is 0 Å². The van der Waals surface area contributed by atoms with Gasteiger partial charge in [0.25, 0.3) is 5.91 Å². The molecule has 0 radical (unpaired) electrons. The number of nitrogens with one attached hydrogen (secondary N) is 1. The van der Waals surface area contributed by atoms with Crippen LogP contribution in [0, 0.1) is 0 Å². The number of benzene rings is 1. The van der Waals surface area contributed by atoms with E-state index in [1.54, 1.807) is 14.0 Å². The highest BCUT2D eigenvalue weighted by atomic mass is 16.5. The Morgan fingerprint density at radius 2 is 1.94 bits per heavy atom. The molecule has 0 spiro atoms. The lowest BCUT2D eigenvalue weighted by molar-refractivity contribution is -0.129. The number of carbonyl (C=O) groups excluding carboxylic acids is 2. The number of carbonyl (C=O) groups is 2. The molecule has 2 aromatic rings. The monoisotopic (exact) mass is 437 g/mol. The van der Waals surface area contributed by atoms with Gasteiger partial charge >= 0.3 is 0 Å². The van der Waals surface area contributed by atoms with Gasteiger partial charge < -0.3 is 19.9 Å². The Morgan fingerprint density at radius 3 is 2.62 bits per heavy atom. The third-order valence-corrected chi connectivity index (χ3v) is 6.33. The summed E-state index contributed by atoms with van der Waals surface area (Å²) in [6.07, 6.45) is 3.55. The molecule has 4 rings (SSSR count). The first-order chi connectivity index (χ1) is 15.5. The molecule has 2 amide bonds. The molecule has 1 aromatic heterocycles. The van der Waals surface area contributed by atoms with Crippen molar-refractivity contribution in [1.82, 2.24) is 19.8 Å². The third kappa shape index (κ3) is 4.46. The number of hydrogen-bond donors (Lipinski definition) is 1. The first-order valence-corrected chi connectivity index (χ1v) is 11.2. The molecule has 0 bridgehead atoms. The Hall–Kier alpha value is -3.00. The van der Waals surface area contributed by atoms with E-state index in [-0.39, 0.29) is 17.9 Å². The van der Waals surface area contributed by atoms with Gasteiger partial charge in [-0.2, -0.15) is 0 Å². The van der Waals surface area contributed by atoms with Gasteiger partial charge in [0, 0.05) is 51.7 Å². The molecule has 1 fully saturated rings. The van der Waals surface area contributed by atoms with Crippen molar-refractivity contribution in [3.63, 3.8) is 0 Å². The summed E-state index contributed by atoms with van der Waals surface area (Å²) in [4.78, 5) is 38.7. The van der Waals surface area contributed by atoms with Crippen molar-refractivity contribution in [3.8, 4) is 0 Å². The summed E-state index contributed by atoms with van der Waals surface area (Å²) >= 11 is 0. The average molecular weight is 438 g/mol. The predicted molar refractivity (Wildman–Crippen MR) is 121 cm³/mol. The molecule has 1 atom stereocenters. The Balaban J connectivity index is 1.62. The molecule has 1 aromatic carbocycles. The number of fused-ring (bicyclic) bond motifs is 1. The highest BCUT2D eigenvalue weighted by molar-refractivity contribution is 5.94. The zero-order chi connectivity index (χ0) is 22.7. The number of hydrogen-bond acceptors (Lipinski definition) is 6. The second-order valence-corrected chi connectivity index (χ2v) is 8.44. The molecular weight excluding hydrogens is 406 g/mol. The zero-order valence-electron chi connectivity index (χ0n) is 19.1. The number of rotatable bonds is 5. The molecule has 0 saturated carbocycles. The van der Waals surface area contributed by atoms with Crippen molar-refractivity contribution >= 4 is 17.6 Å². The third-order valence-electron chi connectivity index (χ3n) is 6.33. The van der Waals surface area contributed by atoms with Gasteiger partial charge in [-0.15, -0.1) is 0 Å². The fourth-order valence-electron chi connectivity index (χ4n) is 4.58. The summed E-state index contributed by atoms with van der Waals surface area (Å²) in [6, 6.07) is 7.45. The molecule has 0 aliphatic carbocycles. The van der Waals surface area contributed by atoms with Crippen molar-refractivity contribution < 1.29 is 14.3 Å². The molecule has 0 unspecified atom stereocenters. The van der Waals surface area contributed by atoms with E-state index in [9.17, 15) is 9.59 Å². The summed E-state index contributed by atoms with van der Waals surface area (Å²) in [5.74, 6) is 1.50. The maximum absolute atomic E-state index is 13.4. The lowest BCUT2D eigenvalue weighted by Crippen LogP contribution is -2.40. The standard InChI is InChI=1S/C24H31N5O3/c1-16(30)28-13-11-20-19(14-28)22(25-2)27-23(26-20)21-6-4-5-12-29(21)24(31)18-9-7-17(8-10-18)15-32-3/h7-10,21H,4-6,11-15H2,1-3H3,(H,25,26,27)/t21-/m1/s1. The van der Waals surface area contributed by atoms with Gasteiger partial charge in [-0.3, -0.25) is 9.59 Å². The van der Waals surface area contributed by atoms with E-state index in [2.05, 4.69) is 5.32 Å². The minimum Gasteiger partial charge on any atom is -0.380 e. The smallest absolute Gasteiger partial charge is 0.254 e. The molecule has 2 aliphatic rings. The van der Waals surface area contributed by atoms with E-state index in [4.69, 9.17) is 14.7 Å². The number of nitrogens with zero attached hydrogens (tertiary/aromatic N) is 4. The number of likely N-dealkylation sites (tertiary alicyclic amines) is 1. The van der Waals surface area contributed by atoms with Gasteiger partial charge in [0.15, 0.2) is 5.82 Å². The molecule has 8 nitrogen and oxygen atoms in total. The summed E-state index contributed by atoms with van der Waals surface area (Å²) in [6.45, 7) is 3.98. The van der Waals surface area contributed by atoms with E-state index in [0.29, 0.717) is 44.0 Å². The SMILES string of the molecule is CNc1nc([C@H]2CCCCN2C(=O)c2ccc(COC)cc2)nc2c1CN(C(C)=O)CC2. The highest BCUT2D eigenvalue weighted by Gasteiger charge is 2.33. The van der Waals surface area contributed by atoms with E-state index in [1.807, 2.05) is 41.1 Å². The number of anilines is 1. The van der Waals surface area contributed by atoms with E-state index in [0.717, 1.165) is 41.9 Å². The Labute approximate surface area is 189 Å². The number of aromatic nitrogens is 2. The molecule has 3 heterocycles. The fraction of sp³-hybridized carbons (Fsp3) is 0.500. The minimum atomic E-state index is -0.155. The summed E-state index contributed by atoms with van der Waals surface area (Å²) in [5, 5.41) is 3.18. The highest BCUT2D eigenvalue weighted by Crippen LogP contribution is 2.33. The minimum absolute atomic E-state index is 0.00810. The predicted octanol–water partition coefficient (Wildman–Crippen LogP) is 2.94. The van der Waals surface area contributed by atoms with Crippen molar-refractivity contribution in [1.29, 1.82) is 0 Å². The van der Waals surface area contributed by atoms with Gasteiger partial charge in [-0.25, -0.2) is 9.97 Å². The van der Waals surface area contributed by atoms with Gasteiger partial charge in [-0.1, -0.05) is 12.1 Å². The van der Waals surface area contributed by atoms with Crippen molar-refractivity contribution in [3.05, 3.63) is 52.5 Å². The maximum Gasteiger partial charge on any atom is 0.254 e. The first kappa shape index (κ1) is 22.2. The van der Waals surface area contributed by atoms with Gasteiger partial charge in [0.1, 0.15) is 5.82 Å². The lowest BCUT2D eigenvalue weighted by atomic mass is 9.98. The summed E-state index contributed by atoms with van der Waals surface area (Å²) in [5.41, 5.74) is 3.65. The summed E-state index contributed by atoms with van der Waals surface area (Å²) < 4.78 is 5.17. The number of amides is 2. The molecule has 1 saturated heterocycles. The van der Waals surface area contributed by atoms with Gasteiger partial charge in [0.05, 0.1) is 24.9 Å². The van der Waals surface area contributed by atoms with Crippen LogP contribution in [0.2, 0.25) is 0 Å². The number of methoxy groups -OCH3 is 1. The Morgan fingerprint density at radius 1 is 1.16 bits per heavy atom. The van der Waals surface area contributed by atoms with Gasteiger partial charge in [0.2, 0.25) is 5.91 Å². The van der Waals surface area contributed by atoms with Crippen LogP contribution < -0.4 is 5.32 Å². The fourth-order valence-corrected chi connectivity index (χ4v) is 4.58. The molecular formula is C24H31N5O3. The molecule has 32 heavy (non-hydrogen) atoms. The van der Waals surface area contributed by atoms with Crippen LogP contribution in [0.25, 0.3) is 0 Å². The Kier molecular flexibility index (Phi) is 6.69. The normalized spacial score (nSPS) is 18.3. The van der Waals surface area contributed by atoms with Gasteiger partial charge in [-0.05, 0) is 37.0 Å². The van der Waals surface area contributed by atoms with Crippen LogP contribution in [0.5, 0.6) is 0 Å². The lowest BCUT2D eigenvalue weighted by Gasteiger charge is -2.36. The van der Waals surface area contributed by atoms with Crippen LogP contribution in [0.4, 0.5) is 5.82 Å². The van der Waals surface area contributed by atoms with Crippen molar-refractivity contribution in [2.45, 2.75) is 51.8 Å². The molecule has 170 valence electrons. The Bertz CT molecular complexity index is 975. The second kappa shape index (κ2) is 9.65. The largest absolute Gasteiger partial charge is 0.380 e. The second-order valence-electron chi connectivity index (χ2n) is 8.44. The van der Waals surface area contributed by atoms with Crippen LogP contribution in [-0.4, -0.2) is 58.8 Å². The van der Waals surface area contributed by atoms with E-state index in [1.165, 1.54) is 0 Å². The number of piperidine rings is 1. The molecule has 2 aliphatic heterocycles. The number of ether oxygens (including phenoxy) is 1. The van der Waals surface area contributed by atoms with E-state index < -0.39 is 0 Å². The quantitative estimate of drug-likeness (QED) is 0.774. The van der Waals surface area contributed by atoms with Crippen molar-refractivity contribution in [2.75, 3.05) is 32.6 Å².